The summed E-state index contributed by atoms with van der Waals surface area (Å²) in [6, 6.07) is 5.65. The molecule has 0 atom stereocenters. The number of benzene rings is 1. The highest BCUT2D eigenvalue weighted by Crippen LogP contribution is 2.28. The van der Waals surface area contributed by atoms with Gasteiger partial charge in [-0.25, -0.2) is 0 Å². The number of aromatic amines is 1. The second kappa shape index (κ2) is 4.76. The number of nitrogens with one attached hydrogen (secondary N) is 1. The molecule has 2 aromatic rings. The van der Waals surface area contributed by atoms with Crippen molar-refractivity contribution < 1.29 is 4.79 Å². The Kier molecular flexibility index (Phi) is 3.29. The summed E-state index contributed by atoms with van der Waals surface area (Å²) in [6.07, 6.45) is 0.0666. The number of pyridine rings is 1. The number of nitrogens with zero attached hydrogens (tertiary/aromatic N) is 1. The normalized spacial score (nSPS) is 10.7. The molecule has 0 saturated carbocycles. The van der Waals surface area contributed by atoms with Crippen LogP contribution in [0.1, 0.15) is 11.1 Å². The Morgan fingerprint density at radius 1 is 1.37 bits per heavy atom. The first-order valence-electron chi connectivity index (χ1n) is 6.02. The van der Waals surface area contributed by atoms with E-state index in [0.717, 1.165) is 16.6 Å². The molecule has 0 unspecified atom stereocenters. The standard InChI is InChI=1S/C14H17N3O2/c1-8-9(7-12(15)18)13-10(16-14(8)19)5-4-6-11(13)17(2)3/h4-6H,7H2,1-3H3,(H2,15,18)(H,16,19). The number of anilines is 1. The molecule has 5 nitrogen and oxygen atoms in total. The van der Waals surface area contributed by atoms with E-state index in [1.54, 1.807) is 6.92 Å². The molecule has 0 radical (unpaired) electrons. The van der Waals surface area contributed by atoms with Crippen LogP contribution in [0.5, 0.6) is 0 Å². The van der Waals surface area contributed by atoms with Gasteiger partial charge in [-0.1, -0.05) is 6.07 Å². The largest absolute Gasteiger partial charge is 0.377 e. The van der Waals surface area contributed by atoms with E-state index in [4.69, 9.17) is 5.73 Å². The highest BCUT2D eigenvalue weighted by atomic mass is 16.1. The zero-order valence-corrected chi connectivity index (χ0v) is 11.3. The molecule has 2 rings (SSSR count). The minimum Gasteiger partial charge on any atom is -0.377 e. The Morgan fingerprint density at radius 2 is 2.05 bits per heavy atom. The van der Waals surface area contributed by atoms with Gasteiger partial charge in [0.1, 0.15) is 0 Å². The lowest BCUT2D eigenvalue weighted by molar-refractivity contribution is -0.117. The van der Waals surface area contributed by atoms with E-state index in [0.29, 0.717) is 11.1 Å². The van der Waals surface area contributed by atoms with Gasteiger partial charge in [-0.2, -0.15) is 0 Å². The second-order valence-corrected chi connectivity index (χ2v) is 4.79. The first-order valence-corrected chi connectivity index (χ1v) is 6.02. The number of H-pyrrole nitrogens is 1. The first-order chi connectivity index (χ1) is 8.91. The molecule has 0 fully saturated rings. The number of aromatic nitrogens is 1. The van der Waals surface area contributed by atoms with Crippen molar-refractivity contribution in [1.82, 2.24) is 4.98 Å². The summed E-state index contributed by atoms with van der Waals surface area (Å²) in [4.78, 5) is 27.9. The maximum absolute atomic E-state index is 11.9. The van der Waals surface area contributed by atoms with Crippen LogP contribution in [0.15, 0.2) is 23.0 Å². The number of primary amides is 1. The monoisotopic (exact) mass is 259 g/mol. The SMILES string of the molecule is Cc1c(CC(N)=O)c2c(N(C)C)cccc2[nH]c1=O. The summed E-state index contributed by atoms with van der Waals surface area (Å²) < 4.78 is 0. The van der Waals surface area contributed by atoms with Crippen LogP contribution in [0.4, 0.5) is 5.69 Å². The highest BCUT2D eigenvalue weighted by molar-refractivity contribution is 5.97. The summed E-state index contributed by atoms with van der Waals surface area (Å²) in [5.74, 6) is -0.441. The van der Waals surface area contributed by atoms with Crippen LogP contribution in [0.25, 0.3) is 10.9 Å². The van der Waals surface area contributed by atoms with E-state index in [-0.39, 0.29) is 12.0 Å². The van der Waals surface area contributed by atoms with Gasteiger partial charge in [-0.15, -0.1) is 0 Å². The number of fused-ring (bicyclic) bond motifs is 1. The Hall–Kier alpha value is -2.30. The van der Waals surface area contributed by atoms with Gasteiger partial charge in [0.15, 0.2) is 0 Å². The summed E-state index contributed by atoms with van der Waals surface area (Å²) in [5.41, 5.74) is 8.03. The fraction of sp³-hybridized carbons (Fsp3) is 0.286. The van der Waals surface area contributed by atoms with Gasteiger partial charge in [-0.3, -0.25) is 9.59 Å². The number of amides is 1. The minimum absolute atomic E-state index is 0.0666. The third-order valence-electron chi connectivity index (χ3n) is 3.22. The molecule has 19 heavy (non-hydrogen) atoms. The van der Waals surface area contributed by atoms with E-state index < -0.39 is 5.91 Å². The molecule has 1 aromatic carbocycles. The fourth-order valence-electron chi connectivity index (χ4n) is 2.27. The Morgan fingerprint density at radius 3 is 2.63 bits per heavy atom. The highest BCUT2D eigenvalue weighted by Gasteiger charge is 2.15. The third-order valence-corrected chi connectivity index (χ3v) is 3.22. The maximum Gasteiger partial charge on any atom is 0.251 e. The molecule has 0 bridgehead atoms. The van der Waals surface area contributed by atoms with E-state index in [9.17, 15) is 9.59 Å². The van der Waals surface area contributed by atoms with Crippen molar-refractivity contribution in [3.05, 3.63) is 39.7 Å². The van der Waals surface area contributed by atoms with Gasteiger partial charge in [0.25, 0.3) is 5.56 Å². The third kappa shape index (κ3) is 2.31. The molecule has 0 aliphatic carbocycles. The smallest absolute Gasteiger partial charge is 0.251 e. The predicted molar refractivity (Wildman–Crippen MR) is 76.5 cm³/mol. The average Bonchev–Trinajstić information content (AvgIpc) is 2.33. The number of rotatable bonds is 3. The van der Waals surface area contributed by atoms with Crippen LogP contribution < -0.4 is 16.2 Å². The van der Waals surface area contributed by atoms with Crippen molar-refractivity contribution >= 4 is 22.5 Å². The quantitative estimate of drug-likeness (QED) is 0.860. The number of carbonyl (C=O) groups is 1. The van der Waals surface area contributed by atoms with Crippen molar-refractivity contribution in [2.45, 2.75) is 13.3 Å². The zero-order valence-electron chi connectivity index (χ0n) is 11.3. The van der Waals surface area contributed by atoms with Gasteiger partial charge in [-0.05, 0) is 24.6 Å². The van der Waals surface area contributed by atoms with Gasteiger partial charge >= 0.3 is 0 Å². The second-order valence-electron chi connectivity index (χ2n) is 4.79. The van der Waals surface area contributed by atoms with Crippen LogP contribution in [-0.4, -0.2) is 25.0 Å². The lowest BCUT2D eigenvalue weighted by Crippen LogP contribution is -2.21. The van der Waals surface area contributed by atoms with Crippen LogP contribution >= 0.6 is 0 Å². The lowest BCUT2D eigenvalue weighted by Gasteiger charge is -2.18. The van der Waals surface area contributed by atoms with Crippen LogP contribution in [0, 0.1) is 6.92 Å². The molecule has 1 heterocycles. The molecule has 1 aromatic heterocycles. The molecule has 0 aliphatic heterocycles. The van der Waals surface area contributed by atoms with Gasteiger partial charge in [0, 0.05) is 30.7 Å². The zero-order chi connectivity index (χ0) is 14.2. The number of nitrogens with two attached hydrogens (primary N) is 1. The van der Waals surface area contributed by atoms with Crippen molar-refractivity contribution in [2.75, 3.05) is 19.0 Å². The van der Waals surface area contributed by atoms with Crippen molar-refractivity contribution in [3.8, 4) is 0 Å². The average molecular weight is 259 g/mol. The molecular formula is C14H17N3O2. The van der Waals surface area contributed by atoms with E-state index >= 15 is 0 Å². The van der Waals surface area contributed by atoms with Gasteiger partial charge < -0.3 is 15.6 Å². The van der Waals surface area contributed by atoms with Gasteiger partial charge in [0.2, 0.25) is 5.91 Å². The van der Waals surface area contributed by atoms with Crippen molar-refractivity contribution in [2.24, 2.45) is 5.73 Å². The number of carbonyl (C=O) groups excluding carboxylic acids is 1. The summed E-state index contributed by atoms with van der Waals surface area (Å²) >= 11 is 0. The van der Waals surface area contributed by atoms with Crippen LogP contribution in [-0.2, 0) is 11.2 Å². The van der Waals surface area contributed by atoms with Crippen molar-refractivity contribution in [1.29, 1.82) is 0 Å². The molecule has 1 amide bonds. The number of hydrogen-bond donors (Lipinski definition) is 2. The van der Waals surface area contributed by atoms with Crippen molar-refractivity contribution in [3.63, 3.8) is 0 Å². The Bertz CT molecular complexity index is 702. The van der Waals surface area contributed by atoms with Crippen LogP contribution in [0.3, 0.4) is 0 Å². The minimum atomic E-state index is -0.441. The maximum atomic E-state index is 11.9. The number of hydrogen-bond acceptors (Lipinski definition) is 3. The van der Waals surface area contributed by atoms with Gasteiger partial charge in [0.05, 0.1) is 11.9 Å². The molecule has 5 heteroatoms. The summed E-state index contributed by atoms with van der Waals surface area (Å²) in [5, 5.41) is 0.878. The molecule has 0 saturated heterocycles. The lowest BCUT2D eigenvalue weighted by atomic mass is 9.99. The fourth-order valence-corrected chi connectivity index (χ4v) is 2.27. The summed E-state index contributed by atoms with van der Waals surface area (Å²) in [7, 11) is 3.84. The Labute approximate surface area is 111 Å². The molecule has 100 valence electrons. The predicted octanol–water partition coefficient (Wildman–Crippen LogP) is 0.930. The van der Waals surface area contributed by atoms with E-state index in [1.165, 1.54) is 0 Å². The first kappa shape index (κ1) is 13.1. The molecule has 0 aliphatic rings. The van der Waals surface area contributed by atoms with E-state index in [2.05, 4.69) is 4.98 Å². The van der Waals surface area contributed by atoms with Crippen LogP contribution in [0.2, 0.25) is 0 Å². The van der Waals surface area contributed by atoms with E-state index in [1.807, 2.05) is 37.2 Å². The molecule has 3 N–H and O–H groups in total. The summed E-state index contributed by atoms with van der Waals surface area (Å²) in [6.45, 7) is 1.71. The topological polar surface area (TPSA) is 79.2 Å². The Balaban J connectivity index is 2.91. The molecule has 0 spiro atoms. The molecular weight excluding hydrogens is 242 g/mol.